The standard InChI is InChI=1S/C15H15N3O3S2/c1-8(19)17-15(2)12(9-3-5-16-6-4-9)13(14(21)22)18-10(20)7-11(18)23-15/h3-6,11H,7H2,1-2H3,(H,17,19)(H,21,22)/t11-,15?/m1/s1. The highest BCUT2D eigenvalue weighted by Gasteiger charge is 2.52. The number of amides is 2. The fraction of sp³-hybridized carbons (Fsp3) is 0.333. The Kier molecular flexibility index (Phi) is 3.97. The van der Waals surface area contributed by atoms with Crippen LogP contribution in [-0.4, -0.2) is 37.1 Å². The van der Waals surface area contributed by atoms with Crippen LogP contribution in [0.5, 0.6) is 0 Å². The van der Waals surface area contributed by atoms with E-state index in [1.807, 2.05) is 6.92 Å². The fourth-order valence-corrected chi connectivity index (χ4v) is 4.85. The summed E-state index contributed by atoms with van der Waals surface area (Å²) in [5, 5.41) is 2.25. The predicted molar refractivity (Wildman–Crippen MR) is 90.2 cm³/mol. The zero-order valence-electron chi connectivity index (χ0n) is 12.6. The van der Waals surface area contributed by atoms with Crippen LogP contribution in [0, 0.1) is 0 Å². The first-order valence-corrected chi connectivity index (χ1v) is 8.33. The normalized spacial score (nSPS) is 26.5. The van der Waals surface area contributed by atoms with Crippen molar-refractivity contribution in [3.8, 4) is 0 Å². The highest BCUT2D eigenvalue weighted by Crippen LogP contribution is 2.52. The Balaban J connectivity index is 2.25. The van der Waals surface area contributed by atoms with E-state index in [1.54, 1.807) is 24.5 Å². The highest BCUT2D eigenvalue weighted by atomic mass is 32.2. The molecule has 0 aliphatic carbocycles. The van der Waals surface area contributed by atoms with Crippen LogP contribution in [0.25, 0.3) is 5.57 Å². The number of pyridine rings is 1. The third-order valence-electron chi connectivity index (χ3n) is 3.82. The number of thioether (sulfide) groups is 1. The van der Waals surface area contributed by atoms with Crippen molar-refractivity contribution in [2.75, 3.05) is 0 Å². The number of nitrogens with one attached hydrogen (secondary N) is 1. The average molecular weight is 349 g/mol. The lowest BCUT2D eigenvalue weighted by Crippen LogP contribution is -2.60. The van der Waals surface area contributed by atoms with Gasteiger partial charge in [-0.2, -0.15) is 0 Å². The SMILES string of the molecule is CC(=O)NC1(C)S[C@@H]2CC(=O)N2C(C(=O)S)=C1c1ccncc1. The molecule has 8 heteroatoms. The maximum atomic E-state index is 12.2. The summed E-state index contributed by atoms with van der Waals surface area (Å²) in [4.78, 5) is 40.5. The van der Waals surface area contributed by atoms with Crippen molar-refractivity contribution in [1.29, 1.82) is 0 Å². The van der Waals surface area contributed by atoms with Crippen LogP contribution in [0.2, 0.25) is 0 Å². The topological polar surface area (TPSA) is 79.4 Å². The summed E-state index contributed by atoms with van der Waals surface area (Å²) in [5.74, 6) is -0.326. The summed E-state index contributed by atoms with van der Waals surface area (Å²) in [5.41, 5.74) is 1.53. The van der Waals surface area contributed by atoms with Gasteiger partial charge in [-0.3, -0.25) is 24.3 Å². The van der Waals surface area contributed by atoms with Gasteiger partial charge >= 0.3 is 0 Å². The minimum atomic E-state index is -0.831. The van der Waals surface area contributed by atoms with Crippen LogP contribution in [-0.2, 0) is 14.4 Å². The van der Waals surface area contributed by atoms with Gasteiger partial charge in [-0.25, -0.2) is 0 Å². The molecule has 1 aromatic heterocycles. The summed E-state index contributed by atoms with van der Waals surface area (Å²) in [6.45, 7) is 3.27. The molecule has 3 heterocycles. The molecule has 0 bridgehead atoms. The number of rotatable bonds is 3. The number of hydrogen-bond donors (Lipinski definition) is 2. The molecular formula is C15H15N3O3S2. The average Bonchev–Trinajstić information content (AvgIpc) is 2.45. The molecule has 0 saturated carbocycles. The molecule has 1 N–H and O–H groups in total. The monoisotopic (exact) mass is 349 g/mol. The van der Waals surface area contributed by atoms with Crippen molar-refractivity contribution in [3.05, 3.63) is 35.8 Å². The van der Waals surface area contributed by atoms with Crippen molar-refractivity contribution in [2.45, 2.75) is 30.5 Å². The lowest BCUT2D eigenvalue weighted by atomic mass is 9.94. The number of carbonyl (C=O) groups excluding carboxylic acids is 3. The Labute approximate surface area is 143 Å². The highest BCUT2D eigenvalue weighted by molar-refractivity contribution is 8.02. The van der Waals surface area contributed by atoms with E-state index in [0.29, 0.717) is 12.0 Å². The molecule has 3 rings (SSSR count). The van der Waals surface area contributed by atoms with Gasteiger partial charge in [-0.15, -0.1) is 11.8 Å². The Bertz CT molecular complexity index is 735. The van der Waals surface area contributed by atoms with E-state index in [0.717, 1.165) is 5.56 Å². The van der Waals surface area contributed by atoms with Gasteiger partial charge in [0.2, 0.25) is 16.9 Å². The van der Waals surface area contributed by atoms with E-state index < -0.39 is 9.99 Å². The molecule has 0 aromatic carbocycles. The molecule has 2 aliphatic rings. The van der Waals surface area contributed by atoms with Crippen LogP contribution in [0.4, 0.5) is 0 Å². The van der Waals surface area contributed by atoms with Crippen molar-refractivity contribution in [2.24, 2.45) is 0 Å². The number of nitrogens with zero attached hydrogens (tertiary/aromatic N) is 2. The summed E-state index contributed by atoms with van der Waals surface area (Å²) >= 11 is 5.41. The van der Waals surface area contributed by atoms with E-state index in [-0.39, 0.29) is 22.9 Å². The van der Waals surface area contributed by atoms with E-state index in [9.17, 15) is 14.4 Å². The number of β-lactam (4-membered cyclic amide) rings is 1. The first-order valence-electron chi connectivity index (χ1n) is 7.00. The second kappa shape index (κ2) is 5.68. The summed E-state index contributed by atoms with van der Waals surface area (Å²) in [7, 11) is 0. The van der Waals surface area contributed by atoms with E-state index >= 15 is 0 Å². The Morgan fingerprint density at radius 3 is 2.61 bits per heavy atom. The number of hydrogen-bond acceptors (Lipinski definition) is 5. The van der Waals surface area contributed by atoms with Gasteiger partial charge in [-0.1, -0.05) is 12.6 Å². The molecule has 0 spiro atoms. The van der Waals surface area contributed by atoms with Gasteiger partial charge in [0, 0.05) is 24.9 Å². The van der Waals surface area contributed by atoms with Crippen LogP contribution >= 0.6 is 24.4 Å². The zero-order valence-corrected chi connectivity index (χ0v) is 14.3. The molecule has 6 nitrogen and oxygen atoms in total. The first-order chi connectivity index (χ1) is 10.8. The minimum Gasteiger partial charge on any atom is -0.338 e. The first kappa shape index (κ1) is 16.1. The maximum Gasteiger partial charge on any atom is 0.233 e. The molecule has 0 radical (unpaired) electrons. The third-order valence-corrected chi connectivity index (χ3v) is 5.46. The molecule has 2 atom stereocenters. The van der Waals surface area contributed by atoms with Crippen molar-refractivity contribution in [3.63, 3.8) is 0 Å². The third kappa shape index (κ3) is 2.66. The lowest BCUT2D eigenvalue weighted by molar-refractivity contribution is -0.140. The zero-order chi connectivity index (χ0) is 16.8. The van der Waals surface area contributed by atoms with Crippen LogP contribution in [0.1, 0.15) is 25.8 Å². The smallest absolute Gasteiger partial charge is 0.233 e. The molecule has 120 valence electrons. The van der Waals surface area contributed by atoms with Crippen LogP contribution in [0.3, 0.4) is 0 Å². The molecule has 1 unspecified atom stereocenters. The molecule has 23 heavy (non-hydrogen) atoms. The van der Waals surface area contributed by atoms with Crippen molar-refractivity contribution in [1.82, 2.24) is 15.2 Å². The summed E-state index contributed by atoms with van der Waals surface area (Å²) in [6, 6.07) is 3.49. The summed E-state index contributed by atoms with van der Waals surface area (Å²) < 4.78 is 0. The predicted octanol–water partition coefficient (Wildman–Crippen LogP) is 1.41. The van der Waals surface area contributed by atoms with E-state index in [2.05, 4.69) is 22.9 Å². The van der Waals surface area contributed by atoms with Crippen molar-refractivity contribution < 1.29 is 14.4 Å². The van der Waals surface area contributed by atoms with Gasteiger partial charge in [0.1, 0.15) is 10.6 Å². The maximum absolute atomic E-state index is 12.2. The van der Waals surface area contributed by atoms with Gasteiger partial charge in [0.15, 0.2) is 0 Å². The number of fused-ring (bicyclic) bond motifs is 1. The lowest BCUT2D eigenvalue weighted by Gasteiger charge is -2.51. The van der Waals surface area contributed by atoms with Crippen LogP contribution in [0.15, 0.2) is 30.2 Å². The van der Waals surface area contributed by atoms with E-state index in [4.69, 9.17) is 0 Å². The number of aromatic nitrogens is 1. The van der Waals surface area contributed by atoms with Crippen molar-refractivity contribution >= 4 is 46.9 Å². The van der Waals surface area contributed by atoms with E-state index in [1.165, 1.54) is 23.6 Å². The largest absolute Gasteiger partial charge is 0.338 e. The van der Waals surface area contributed by atoms with Gasteiger partial charge in [0.05, 0.1) is 11.8 Å². The molecule has 2 aliphatic heterocycles. The van der Waals surface area contributed by atoms with Crippen LogP contribution < -0.4 is 5.32 Å². The summed E-state index contributed by atoms with van der Waals surface area (Å²) in [6.07, 6.45) is 3.55. The number of thiol groups is 1. The molecule has 1 fully saturated rings. The van der Waals surface area contributed by atoms with Gasteiger partial charge in [-0.05, 0) is 24.6 Å². The second-order valence-electron chi connectivity index (χ2n) is 5.52. The fourth-order valence-electron chi connectivity index (χ4n) is 3.00. The Morgan fingerprint density at radius 2 is 2.09 bits per heavy atom. The molecular weight excluding hydrogens is 334 g/mol. The number of carbonyl (C=O) groups is 3. The Morgan fingerprint density at radius 1 is 1.43 bits per heavy atom. The van der Waals surface area contributed by atoms with Gasteiger partial charge < -0.3 is 5.32 Å². The Hall–Kier alpha value is -1.80. The molecule has 2 amide bonds. The molecule has 1 saturated heterocycles. The van der Waals surface area contributed by atoms with Gasteiger partial charge in [0.25, 0.3) is 0 Å². The minimum absolute atomic E-state index is 0.115. The second-order valence-corrected chi connectivity index (χ2v) is 7.52. The quantitative estimate of drug-likeness (QED) is 0.637. The molecule has 1 aromatic rings.